The topological polar surface area (TPSA) is 79.4 Å². The Morgan fingerprint density at radius 2 is 1.68 bits per heavy atom. The van der Waals surface area contributed by atoms with Crippen LogP contribution in [0.15, 0.2) is 84.0 Å². The Kier molecular flexibility index (Phi) is 5.81. The average molecular weight is 496 g/mol. The van der Waals surface area contributed by atoms with Crippen molar-refractivity contribution < 1.29 is 17.6 Å². The molecule has 1 aromatic heterocycles. The molecule has 3 aromatic carbocycles. The molecule has 0 spiro atoms. The molecule has 0 unspecified atom stereocenters. The van der Waals surface area contributed by atoms with Crippen LogP contribution >= 0.6 is 11.6 Å². The molecule has 34 heavy (non-hydrogen) atoms. The molecule has 1 atom stereocenters. The van der Waals surface area contributed by atoms with Crippen molar-refractivity contribution in [3.63, 3.8) is 0 Å². The summed E-state index contributed by atoms with van der Waals surface area (Å²) >= 11 is 5.99. The molecule has 9 heteroatoms. The maximum Gasteiger partial charge on any atom is 0.245 e. The van der Waals surface area contributed by atoms with Gasteiger partial charge in [-0.1, -0.05) is 29.8 Å². The molecule has 1 amide bonds. The maximum absolute atomic E-state index is 14.9. The molecule has 0 radical (unpaired) electrons. The molecule has 5 rings (SSSR count). The normalized spacial score (nSPS) is 16.4. The minimum atomic E-state index is -3.97. The zero-order valence-electron chi connectivity index (χ0n) is 17.8. The van der Waals surface area contributed by atoms with E-state index in [-0.39, 0.29) is 23.5 Å². The summed E-state index contributed by atoms with van der Waals surface area (Å²) in [5.41, 5.74) is 1.58. The average Bonchev–Trinajstić information content (AvgIpc) is 3.18. The number of carbonyl (C=O) groups is 1. The van der Waals surface area contributed by atoms with Crippen LogP contribution in [0.4, 0.5) is 10.1 Å². The summed E-state index contributed by atoms with van der Waals surface area (Å²) in [4.78, 5) is 18.3. The van der Waals surface area contributed by atoms with E-state index in [1.54, 1.807) is 54.9 Å². The molecule has 1 N–H and O–H groups in total. The number of amides is 1. The molecule has 1 aliphatic heterocycles. The number of nitrogens with one attached hydrogen (secondary N) is 1. The number of aromatic nitrogens is 1. The van der Waals surface area contributed by atoms with Crippen molar-refractivity contribution in [2.45, 2.75) is 17.4 Å². The third kappa shape index (κ3) is 4.27. The third-order valence-corrected chi connectivity index (χ3v) is 7.54. The number of fused-ring (bicyclic) bond motifs is 1. The van der Waals surface area contributed by atoms with Crippen molar-refractivity contribution >= 4 is 44.0 Å². The number of rotatable bonds is 5. The minimum Gasteiger partial charge on any atom is -0.308 e. The lowest BCUT2D eigenvalue weighted by atomic mass is 10.1. The van der Waals surface area contributed by atoms with Gasteiger partial charge in [0.25, 0.3) is 0 Å². The van der Waals surface area contributed by atoms with Gasteiger partial charge in [-0.15, -0.1) is 0 Å². The summed E-state index contributed by atoms with van der Waals surface area (Å²) in [6.07, 6.45) is 3.46. The van der Waals surface area contributed by atoms with E-state index in [1.807, 2.05) is 0 Å². The Morgan fingerprint density at radius 1 is 0.941 bits per heavy atom. The second kappa shape index (κ2) is 8.79. The summed E-state index contributed by atoms with van der Waals surface area (Å²) < 4.78 is 43.3. The second-order valence-corrected chi connectivity index (χ2v) is 10.2. The van der Waals surface area contributed by atoms with E-state index >= 15 is 0 Å². The van der Waals surface area contributed by atoms with Crippen LogP contribution in [-0.4, -0.2) is 31.9 Å². The predicted octanol–water partition coefficient (Wildman–Crippen LogP) is 4.78. The zero-order chi connectivity index (χ0) is 23.9. The SMILES string of the molecule is O=C1[C@@H](NS(=O)(=O)c2ccc3cc(Cl)ccc3c2)CCN1c1ccc(-c2ccncc2)cc1F. The first-order valence-corrected chi connectivity index (χ1v) is 12.4. The molecule has 172 valence electrons. The minimum absolute atomic E-state index is 0.0430. The van der Waals surface area contributed by atoms with Crippen LogP contribution in [0.5, 0.6) is 0 Å². The van der Waals surface area contributed by atoms with E-state index in [2.05, 4.69) is 9.71 Å². The van der Waals surface area contributed by atoms with E-state index in [0.29, 0.717) is 16.0 Å². The monoisotopic (exact) mass is 495 g/mol. The smallest absolute Gasteiger partial charge is 0.245 e. The largest absolute Gasteiger partial charge is 0.308 e. The molecule has 4 aromatic rings. The van der Waals surface area contributed by atoms with E-state index in [1.165, 1.54) is 29.2 Å². The van der Waals surface area contributed by atoms with Crippen LogP contribution in [0.3, 0.4) is 0 Å². The van der Waals surface area contributed by atoms with E-state index in [4.69, 9.17) is 11.6 Å². The highest BCUT2D eigenvalue weighted by atomic mass is 35.5. The molecule has 1 aliphatic rings. The van der Waals surface area contributed by atoms with Crippen molar-refractivity contribution in [3.05, 3.63) is 90.0 Å². The summed E-state index contributed by atoms with van der Waals surface area (Å²) in [5, 5.41) is 2.07. The van der Waals surface area contributed by atoms with Gasteiger partial charge in [-0.25, -0.2) is 12.8 Å². The maximum atomic E-state index is 14.9. The highest BCUT2D eigenvalue weighted by molar-refractivity contribution is 7.89. The lowest BCUT2D eigenvalue weighted by Gasteiger charge is -2.19. The fraction of sp³-hybridized carbons (Fsp3) is 0.120. The van der Waals surface area contributed by atoms with E-state index in [9.17, 15) is 17.6 Å². The number of sulfonamides is 1. The van der Waals surface area contributed by atoms with Gasteiger partial charge in [0, 0.05) is 24.0 Å². The summed E-state index contributed by atoms with van der Waals surface area (Å²) in [5.74, 6) is -1.05. The zero-order valence-corrected chi connectivity index (χ0v) is 19.4. The third-order valence-electron chi connectivity index (χ3n) is 5.84. The van der Waals surface area contributed by atoms with Crippen molar-refractivity contribution in [2.24, 2.45) is 0 Å². The molecule has 6 nitrogen and oxygen atoms in total. The van der Waals surface area contributed by atoms with Crippen molar-refractivity contribution in [3.8, 4) is 11.1 Å². The molecule has 0 saturated carbocycles. The number of anilines is 1. The predicted molar refractivity (Wildman–Crippen MR) is 130 cm³/mol. The highest BCUT2D eigenvalue weighted by Crippen LogP contribution is 2.30. The first kappa shape index (κ1) is 22.5. The first-order valence-electron chi connectivity index (χ1n) is 10.5. The van der Waals surface area contributed by atoms with Crippen LogP contribution < -0.4 is 9.62 Å². The number of hydrogen-bond acceptors (Lipinski definition) is 4. The van der Waals surface area contributed by atoms with E-state index in [0.717, 1.165) is 10.9 Å². The highest BCUT2D eigenvalue weighted by Gasteiger charge is 2.36. The summed E-state index contributed by atoms with van der Waals surface area (Å²) in [6, 6.07) is 17.0. The summed E-state index contributed by atoms with van der Waals surface area (Å²) in [7, 11) is -3.97. The molecule has 1 fully saturated rings. The van der Waals surface area contributed by atoms with Crippen LogP contribution in [0, 0.1) is 5.82 Å². The van der Waals surface area contributed by atoms with Crippen LogP contribution in [0.2, 0.25) is 5.02 Å². The number of halogens is 2. The number of pyridine rings is 1. The lowest BCUT2D eigenvalue weighted by molar-refractivity contribution is -0.118. The Bertz CT molecular complexity index is 1510. The summed E-state index contributed by atoms with van der Waals surface area (Å²) in [6.45, 7) is 0.202. The van der Waals surface area contributed by atoms with E-state index < -0.39 is 27.8 Å². The van der Waals surface area contributed by atoms with Gasteiger partial charge in [-0.3, -0.25) is 9.78 Å². The van der Waals surface area contributed by atoms with Crippen LogP contribution in [0.25, 0.3) is 21.9 Å². The fourth-order valence-corrected chi connectivity index (χ4v) is 5.53. The number of benzene rings is 3. The van der Waals surface area contributed by atoms with Gasteiger partial charge in [-0.05, 0) is 76.9 Å². The molecule has 1 saturated heterocycles. The molecular weight excluding hydrogens is 477 g/mol. The Morgan fingerprint density at radius 3 is 2.44 bits per heavy atom. The molecular formula is C25H19ClFN3O3S. The van der Waals surface area contributed by atoms with Crippen molar-refractivity contribution in [1.29, 1.82) is 0 Å². The quantitative estimate of drug-likeness (QED) is 0.432. The van der Waals surface area contributed by atoms with Gasteiger partial charge >= 0.3 is 0 Å². The Balaban J connectivity index is 1.35. The Hall–Kier alpha value is -3.33. The van der Waals surface area contributed by atoms with Crippen LogP contribution in [0.1, 0.15) is 6.42 Å². The van der Waals surface area contributed by atoms with Gasteiger partial charge in [0.2, 0.25) is 15.9 Å². The van der Waals surface area contributed by atoms with Gasteiger partial charge in [0.15, 0.2) is 0 Å². The van der Waals surface area contributed by atoms with Crippen molar-refractivity contribution in [1.82, 2.24) is 9.71 Å². The standard InChI is InChI=1S/C25H19ClFN3O3S/c26-20-4-1-18-14-21(5-2-17(18)13-20)34(32,33)29-23-9-12-30(25(23)31)24-6-3-19(15-22(24)27)16-7-10-28-11-8-16/h1-8,10-11,13-15,23,29H,9,12H2/t23-/m0/s1. The fourth-order valence-electron chi connectivity index (χ4n) is 4.10. The molecule has 2 heterocycles. The van der Waals surface area contributed by atoms with Gasteiger partial charge < -0.3 is 4.90 Å². The Labute approximate surface area is 201 Å². The van der Waals surface area contributed by atoms with Gasteiger partial charge in [-0.2, -0.15) is 4.72 Å². The molecule has 0 aliphatic carbocycles. The lowest BCUT2D eigenvalue weighted by Crippen LogP contribution is -2.41. The van der Waals surface area contributed by atoms with Crippen LogP contribution in [-0.2, 0) is 14.8 Å². The van der Waals surface area contributed by atoms with Gasteiger partial charge in [0.1, 0.15) is 11.9 Å². The molecule has 0 bridgehead atoms. The first-order chi connectivity index (χ1) is 16.3. The van der Waals surface area contributed by atoms with Gasteiger partial charge in [0.05, 0.1) is 10.6 Å². The number of hydrogen-bond donors (Lipinski definition) is 1. The number of carbonyl (C=O) groups excluding carboxylic acids is 1. The van der Waals surface area contributed by atoms with Crippen molar-refractivity contribution in [2.75, 3.05) is 11.4 Å². The second-order valence-electron chi connectivity index (χ2n) is 8.01. The number of nitrogens with zero attached hydrogens (tertiary/aromatic N) is 2.